The lowest BCUT2D eigenvalue weighted by molar-refractivity contribution is -0.121. The number of carbonyl (C=O) groups is 1. The number of hydrogen-bond acceptors (Lipinski definition) is 3. The van der Waals surface area contributed by atoms with E-state index in [9.17, 15) is 4.79 Å². The minimum absolute atomic E-state index is 0.0216. The fourth-order valence-corrected chi connectivity index (χ4v) is 2.02. The third-order valence-corrected chi connectivity index (χ3v) is 3.50. The second-order valence-electron chi connectivity index (χ2n) is 4.22. The van der Waals surface area contributed by atoms with Crippen molar-refractivity contribution < 1.29 is 14.3 Å². The summed E-state index contributed by atoms with van der Waals surface area (Å²) in [5.74, 6) is 0.866. The summed E-state index contributed by atoms with van der Waals surface area (Å²) in [5.41, 5.74) is 1.12. The van der Waals surface area contributed by atoms with Gasteiger partial charge in [-0.05, 0) is 24.1 Å². The molecule has 1 unspecified atom stereocenters. The second-order valence-corrected chi connectivity index (χ2v) is 4.87. The Morgan fingerprint density at radius 1 is 1.32 bits per heavy atom. The molecule has 1 aromatic rings. The molecule has 0 saturated heterocycles. The maximum atomic E-state index is 11.8. The Hall–Kier alpha value is -1.07. The first kappa shape index (κ1) is 16.0. The lowest BCUT2D eigenvalue weighted by Crippen LogP contribution is -2.39. The van der Waals surface area contributed by atoms with Crippen LogP contribution in [0.3, 0.4) is 0 Å². The SMILES string of the molecule is COCC(CBr)NC(=O)CCc1ccc(OC)cc1. The Morgan fingerprint density at radius 2 is 2.00 bits per heavy atom. The van der Waals surface area contributed by atoms with Crippen LogP contribution in [0.25, 0.3) is 0 Å². The van der Waals surface area contributed by atoms with E-state index in [2.05, 4.69) is 21.2 Å². The highest BCUT2D eigenvalue weighted by Gasteiger charge is 2.10. The number of amides is 1. The molecule has 0 heterocycles. The van der Waals surface area contributed by atoms with Gasteiger partial charge in [0.1, 0.15) is 5.75 Å². The maximum Gasteiger partial charge on any atom is 0.220 e. The molecule has 0 spiro atoms. The molecule has 0 fully saturated rings. The number of carbonyl (C=O) groups excluding carboxylic acids is 1. The highest BCUT2D eigenvalue weighted by Crippen LogP contribution is 2.12. The molecule has 19 heavy (non-hydrogen) atoms. The molecule has 0 bridgehead atoms. The first-order valence-corrected chi connectivity index (χ1v) is 7.29. The molecule has 0 aromatic heterocycles. The van der Waals surface area contributed by atoms with E-state index in [1.807, 2.05) is 24.3 Å². The molecule has 1 amide bonds. The van der Waals surface area contributed by atoms with Crippen LogP contribution in [0, 0.1) is 0 Å². The fourth-order valence-electron chi connectivity index (χ4n) is 1.68. The van der Waals surface area contributed by atoms with Gasteiger partial charge in [0, 0.05) is 18.9 Å². The Morgan fingerprint density at radius 3 is 2.53 bits per heavy atom. The van der Waals surface area contributed by atoms with Gasteiger partial charge in [-0.1, -0.05) is 28.1 Å². The molecule has 1 atom stereocenters. The van der Waals surface area contributed by atoms with Crippen molar-refractivity contribution in [3.63, 3.8) is 0 Å². The Bertz CT molecular complexity index is 381. The normalized spacial score (nSPS) is 11.9. The molecule has 0 saturated carbocycles. The van der Waals surface area contributed by atoms with Gasteiger partial charge in [-0.3, -0.25) is 4.79 Å². The summed E-state index contributed by atoms with van der Waals surface area (Å²) < 4.78 is 10.1. The van der Waals surface area contributed by atoms with Gasteiger partial charge in [-0.25, -0.2) is 0 Å². The summed E-state index contributed by atoms with van der Waals surface area (Å²) in [6.07, 6.45) is 1.19. The van der Waals surface area contributed by atoms with Gasteiger partial charge in [0.05, 0.1) is 19.8 Å². The second kappa shape index (κ2) is 8.93. The van der Waals surface area contributed by atoms with Crippen molar-refractivity contribution in [1.82, 2.24) is 5.32 Å². The van der Waals surface area contributed by atoms with Gasteiger partial charge in [0.2, 0.25) is 5.91 Å². The van der Waals surface area contributed by atoms with E-state index in [-0.39, 0.29) is 11.9 Å². The summed E-state index contributed by atoms with van der Waals surface area (Å²) in [4.78, 5) is 11.8. The lowest BCUT2D eigenvalue weighted by Gasteiger charge is -2.15. The number of benzene rings is 1. The topological polar surface area (TPSA) is 47.6 Å². The third kappa shape index (κ3) is 6.07. The summed E-state index contributed by atoms with van der Waals surface area (Å²) in [7, 11) is 3.26. The molecule has 0 aliphatic heterocycles. The zero-order chi connectivity index (χ0) is 14.1. The van der Waals surface area contributed by atoms with Crippen LogP contribution >= 0.6 is 15.9 Å². The molecule has 5 heteroatoms. The molecular formula is C14H20BrNO3. The van der Waals surface area contributed by atoms with Crippen LogP contribution in [0.1, 0.15) is 12.0 Å². The van der Waals surface area contributed by atoms with Crippen molar-refractivity contribution in [1.29, 1.82) is 0 Å². The summed E-state index contributed by atoms with van der Waals surface area (Å²) in [6, 6.07) is 7.78. The summed E-state index contributed by atoms with van der Waals surface area (Å²) in [6.45, 7) is 0.513. The van der Waals surface area contributed by atoms with Gasteiger partial charge in [-0.2, -0.15) is 0 Å². The van der Waals surface area contributed by atoms with Crippen LogP contribution in [0.2, 0.25) is 0 Å². The maximum absolute atomic E-state index is 11.8. The fraction of sp³-hybridized carbons (Fsp3) is 0.500. The molecule has 4 nitrogen and oxygen atoms in total. The van der Waals surface area contributed by atoms with Gasteiger partial charge >= 0.3 is 0 Å². The van der Waals surface area contributed by atoms with E-state index < -0.39 is 0 Å². The molecule has 1 aromatic carbocycles. The Balaban J connectivity index is 2.36. The van der Waals surface area contributed by atoms with Crippen molar-refractivity contribution in [3.8, 4) is 5.75 Å². The summed E-state index contributed by atoms with van der Waals surface area (Å²) >= 11 is 3.35. The van der Waals surface area contributed by atoms with E-state index in [0.717, 1.165) is 17.7 Å². The average Bonchev–Trinajstić information content (AvgIpc) is 2.45. The standard InChI is InChI=1S/C14H20BrNO3/c1-18-10-12(9-15)16-14(17)8-5-11-3-6-13(19-2)7-4-11/h3-4,6-7,12H,5,8-10H2,1-2H3,(H,16,17). The minimum Gasteiger partial charge on any atom is -0.497 e. The van der Waals surface area contributed by atoms with Crippen molar-refractivity contribution >= 4 is 21.8 Å². The minimum atomic E-state index is 0.0216. The van der Waals surface area contributed by atoms with E-state index >= 15 is 0 Å². The predicted molar refractivity (Wildman–Crippen MR) is 78.9 cm³/mol. The number of halogens is 1. The van der Waals surface area contributed by atoms with Crippen LogP contribution in [-0.4, -0.2) is 38.1 Å². The number of methoxy groups -OCH3 is 2. The van der Waals surface area contributed by atoms with Crippen LogP contribution in [0.15, 0.2) is 24.3 Å². The van der Waals surface area contributed by atoms with Gasteiger partial charge in [0.15, 0.2) is 0 Å². The van der Waals surface area contributed by atoms with Crippen LogP contribution in [0.5, 0.6) is 5.75 Å². The zero-order valence-corrected chi connectivity index (χ0v) is 12.9. The molecule has 0 aliphatic rings. The van der Waals surface area contributed by atoms with Gasteiger partial charge < -0.3 is 14.8 Å². The smallest absolute Gasteiger partial charge is 0.220 e. The monoisotopic (exact) mass is 329 g/mol. The number of aryl methyl sites for hydroxylation is 1. The first-order chi connectivity index (χ1) is 9.19. The van der Waals surface area contributed by atoms with Crippen LogP contribution in [0.4, 0.5) is 0 Å². The molecule has 1 rings (SSSR count). The quantitative estimate of drug-likeness (QED) is 0.743. The van der Waals surface area contributed by atoms with Crippen LogP contribution in [-0.2, 0) is 16.0 Å². The number of nitrogens with one attached hydrogen (secondary N) is 1. The van der Waals surface area contributed by atoms with E-state index in [4.69, 9.17) is 9.47 Å². The lowest BCUT2D eigenvalue weighted by atomic mass is 10.1. The largest absolute Gasteiger partial charge is 0.497 e. The molecule has 106 valence electrons. The van der Waals surface area contributed by atoms with Crippen molar-refractivity contribution in [2.45, 2.75) is 18.9 Å². The molecular weight excluding hydrogens is 310 g/mol. The third-order valence-electron chi connectivity index (χ3n) is 2.72. The van der Waals surface area contributed by atoms with E-state index in [0.29, 0.717) is 18.4 Å². The molecule has 0 radical (unpaired) electrons. The molecule has 1 N–H and O–H groups in total. The van der Waals surface area contributed by atoms with E-state index in [1.54, 1.807) is 14.2 Å². The Labute approximate surface area is 122 Å². The Kier molecular flexibility index (Phi) is 7.52. The zero-order valence-electron chi connectivity index (χ0n) is 11.3. The molecule has 0 aliphatic carbocycles. The van der Waals surface area contributed by atoms with Gasteiger partial charge in [-0.15, -0.1) is 0 Å². The number of alkyl halides is 1. The number of ether oxygens (including phenoxy) is 2. The average molecular weight is 330 g/mol. The van der Waals surface area contributed by atoms with Gasteiger partial charge in [0.25, 0.3) is 0 Å². The first-order valence-electron chi connectivity index (χ1n) is 6.16. The van der Waals surface area contributed by atoms with Crippen molar-refractivity contribution in [3.05, 3.63) is 29.8 Å². The predicted octanol–water partition coefficient (Wildman–Crippen LogP) is 2.15. The highest BCUT2D eigenvalue weighted by molar-refractivity contribution is 9.09. The van der Waals surface area contributed by atoms with Crippen LogP contribution < -0.4 is 10.1 Å². The van der Waals surface area contributed by atoms with Crippen molar-refractivity contribution in [2.75, 3.05) is 26.2 Å². The van der Waals surface area contributed by atoms with E-state index in [1.165, 1.54) is 0 Å². The highest BCUT2D eigenvalue weighted by atomic mass is 79.9. The number of hydrogen-bond donors (Lipinski definition) is 1. The summed E-state index contributed by atoms with van der Waals surface area (Å²) in [5, 5.41) is 3.61. The number of rotatable bonds is 8. The van der Waals surface area contributed by atoms with Crippen molar-refractivity contribution in [2.24, 2.45) is 0 Å².